The molecular formula is C15H12F2N2O3. The van der Waals surface area contributed by atoms with E-state index in [1.807, 2.05) is 0 Å². The molecule has 1 heterocycles. The summed E-state index contributed by atoms with van der Waals surface area (Å²) in [6.45, 7) is 0.380. The SMILES string of the molecule is O=C(NCc1ccc2c(c1)OCO2)Nc1cc(F)ccc1F. The van der Waals surface area contributed by atoms with Crippen molar-refractivity contribution in [2.75, 3.05) is 12.1 Å². The number of carbonyl (C=O) groups is 1. The maximum Gasteiger partial charge on any atom is 0.319 e. The summed E-state index contributed by atoms with van der Waals surface area (Å²) in [5.74, 6) is -0.0852. The van der Waals surface area contributed by atoms with Crippen molar-refractivity contribution in [2.45, 2.75) is 6.54 Å². The minimum atomic E-state index is -0.709. The van der Waals surface area contributed by atoms with E-state index in [2.05, 4.69) is 10.6 Å². The molecule has 0 fully saturated rings. The average Bonchev–Trinajstić information content (AvgIpc) is 2.96. The average molecular weight is 306 g/mol. The lowest BCUT2D eigenvalue weighted by Crippen LogP contribution is -2.28. The highest BCUT2D eigenvalue weighted by Gasteiger charge is 2.13. The van der Waals surface area contributed by atoms with Crippen LogP contribution in [-0.4, -0.2) is 12.8 Å². The van der Waals surface area contributed by atoms with Gasteiger partial charge in [-0.05, 0) is 29.8 Å². The van der Waals surface area contributed by atoms with Gasteiger partial charge in [-0.3, -0.25) is 0 Å². The molecule has 22 heavy (non-hydrogen) atoms. The third-order valence-corrected chi connectivity index (χ3v) is 3.07. The number of hydrogen-bond acceptors (Lipinski definition) is 3. The molecule has 3 rings (SSSR count). The van der Waals surface area contributed by atoms with Gasteiger partial charge in [-0.15, -0.1) is 0 Å². The van der Waals surface area contributed by atoms with E-state index < -0.39 is 17.7 Å². The number of rotatable bonds is 3. The van der Waals surface area contributed by atoms with E-state index in [9.17, 15) is 13.6 Å². The Morgan fingerprint density at radius 3 is 2.77 bits per heavy atom. The second-order valence-corrected chi connectivity index (χ2v) is 4.62. The first-order valence-electron chi connectivity index (χ1n) is 6.50. The molecule has 2 aromatic rings. The van der Waals surface area contributed by atoms with Crippen molar-refractivity contribution in [3.63, 3.8) is 0 Å². The normalized spacial score (nSPS) is 12.1. The zero-order valence-electron chi connectivity index (χ0n) is 11.4. The van der Waals surface area contributed by atoms with Crippen LogP contribution in [0.25, 0.3) is 0 Å². The number of ether oxygens (including phenoxy) is 2. The smallest absolute Gasteiger partial charge is 0.319 e. The predicted molar refractivity (Wildman–Crippen MR) is 74.8 cm³/mol. The third kappa shape index (κ3) is 3.08. The first-order chi connectivity index (χ1) is 10.6. The van der Waals surface area contributed by atoms with Crippen molar-refractivity contribution < 1.29 is 23.0 Å². The van der Waals surface area contributed by atoms with Crippen LogP contribution in [0, 0.1) is 11.6 Å². The highest BCUT2D eigenvalue weighted by atomic mass is 19.1. The summed E-state index contributed by atoms with van der Waals surface area (Å²) in [4.78, 5) is 11.7. The van der Waals surface area contributed by atoms with Crippen LogP contribution in [0.15, 0.2) is 36.4 Å². The lowest BCUT2D eigenvalue weighted by Gasteiger charge is -2.09. The van der Waals surface area contributed by atoms with E-state index >= 15 is 0 Å². The quantitative estimate of drug-likeness (QED) is 0.916. The summed E-state index contributed by atoms with van der Waals surface area (Å²) in [6, 6.07) is 7.46. The van der Waals surface area contributed by atoms with Gasteiger partial charge in [-0.1, -0.05) is 6.07 Å². The summed E-state index contributed by atoms with van der Waals surface area (Å²) in [6.07, 6.45) is 0. The topological polar surface area (TPSA) is 59.6 Å². The Morgan fingerprint density at radius 1 is 1.09 bits per heavy atom. The number of urea groups is 1. The summed E-state index contributed by atoms with van der Waals surface area (Å²) < 4.78 is 36.8. The van der Waals surface area contributed by atoms with Gasteiger partial charge in [0.25, 0.3) is 0 Å². The molecule has 0 radical (unpaired) electrons. The molecule has 1 aliphatic heterocycles. The van der Waals surface area contributed by atoms with Crippen LogP contribution >= 0.6 is 0 Å². The Kier molecular flexibility index (Phi) is 3.78. The molecule has 2 N–H and O–H groups in total. The molecule has 0 atom stereocenters. The van der Waals surface area contributed by atoms with Gasteiger partial charge in [-0.25, -0.2) is 13.6 Å². The van der Waals surface area contributed by atoms with Crippen LogP contribution in [0.1, 0.15) is 5.56 Å². The van der Waals surface area contributed by atoms with Crippen molar-refractivity contribution in [1.29, 1.82) is 0 Å². The van der Waals surface area contributed by atoms with E-state index in [1.165, 1.54) is 0 Å². The Hall–Kier alpha value is -2.83. The molecule has 0 aliphatic carbocycles. The van der Waals surface area contributed by atoms with Crippen LogP contribution in [0.2, 0.25) is 0 Å². The molecule has 0 saturated carbocycles. The Labute approximate surface area is 124 Å². The first-order valence-corrected chi connectivity index (χ1v) is 6.50. The number of amides is 2. The summed E-state index contributed by atoms with van der Waals surface area (Å²) in [5.41, 5.74) is 0.572. The predicted octanol–water partition coefficient (Wildman–Crippen LogP) is 3.02. The van der Waals surface area contributed by atoms with Gasteiger partial charge in [0.2, 0.25) is 6.79 Å². The van der Waals surface area contributed by atoms with E-state index in [0.717, 1.165) is 23.8 Å². The molecule has 114 valence electrons. The number of halogens is 2. The van der Waals surface area contributed by atoms with Crippen molar-refractivity contribution >= 4 is 11.7 Å². The summed E-state index contributed by atoms with van der Waals surface area (Å²) in [5, 5.41) is 4.80. The number of hydrogen-bond donors (Lipinski definition) is 2. The van der Waals surface area contributed by atoms with E-state index in [1.54, 1.807) is 18.2 Å². The zero-order chi connectivity index (χ0) is 15.5. The molecule has 2 aromatic carbocycles. The van der Waals surface area contributed by atoms with Gasteiger partial charge in [0, 0.05) is 12.6 Å². The van der Waals surface area contributed by atoms with Crippen molar-refractivity contribution in [1.82, 2.24) is 5.32 Å². The van der Waals surface area contributed by atoms with Gasteiger partial charge >= 0.3 is 6.03 Å². The minimum absolute atomic E-state index is 0.172. The molecule has 2 amide bonds. The van der Waals surface area contributed by atoms with Gasteiger partial charge in [-0.2, -0.15) is 0 Å². The molecular weight excluding hydrogens is 294 g/mol. The molecule has 0 spiro atoms. The standard InChI is InChI=1S/C15H12F2N2O3/c16-10-2-3-11(17)12(6-10)19-15(20)18-7-9-1-4-13-14(5-9)22-8-21-13/h1-6H,7-8H2,(H2,18,19,20). The minimum Gasteiger partial charge on any atom is -0.454 e. The number of carbonyl (C=O) groups excluding carboxylic acids is 1. The molecule has 0 aromatic heterocycles. The summed E-state index contributed by atoms with van der Waals surface area (Å²) >= 11 is 0. The fourth-order valence-corrected chi connectivity index (χ4v) is 1.99. The number of anilines is 1. The Balaban J connectivity index is 1.59. The molecule has 1 aliphatic rings. The van der Waals surface area contributed by atoms with Crippen LogP contribution < -0.4 is 20.1 Å². The van der Waals surface area contributed by atoms with Crippen LogP contribution in [0.4, 0.5) is 19.3 Å². The zero-order valence-corrected chi connectivity index (χ0v) is 11.4. The van der Waals surface area contributed by atoms with Crippen LogP contribution in [-0.2, 0) is 6.54 Å². The highest BCUT2D eigenvalue weighted by Crippen LogP contribution is 2.32. The number of fused-ring (bicyclic) bond motifs is 1. The van der Waals surface area contributed by atoms with Crippen LogP contribution in [0.3, 0.4) is 0 Å². The van der Waals surface area contributed by atoms with Gasteiger partial charge in [0.1, 0.15) is 11.6 Å². The third-order valence-electron chi connectivity index (χ3n) is 3.07. The Bertz CT molecular complexity index is 722. The lowest BCUT2D eigenvalue weighted by molar-refractivity contribution is 0.174. The fourth-order valence-electron chi connectivity index (χ4n) is 1.99. The van der Waals surface area contributed by atoms with E-state index in [0.29, 0.717) is 11.5 Å². The fraction of sp³-hybridized carbons (Fsp3) is 0.133. The number of nitrogens with one attached hydrogen (secondary N) is 2. The van der Waals surface area contributed by atoms with Crippen molar-refractivity contribution in [3.8, 4) is 11.5 Å². The van der Waals surface area contributed by atoms with Gasteiger partial charge in [0.15, 0.2) is 11.5 Å². The maximum absolute atomic E-state index is 13.4. The highest BCUT2D eigenvalue weighted by molar-refractivity contribution is 5.89. The molecule has 5 nitrogen and oxygen atoms in total. The lowest BCUT2D eigenvalue weighted by atomic mass is 10.2. The second kappa shape index (κ2) is 5.88. The van der Waals surface area contributed by atoms with E-state index in [-0.39, 0.29) is 19.0 Å². The molecule has 0 saturated heterocycles. The van der Waals surface area contributed by atoms with E-state index in [4.69, 9.17) is 9.47 Å². The monoisotopic (exact) mass is 306 g/mol. The molecule has 0 unspecified atom stereocenters. The maximum atomic E-state index is 13.4. The molecule has 0 bridgehead atoms. The van der Waals surface area contributed by atoms with Crippen molar-refractivity contribution in [3.05, 3.63) is 53.6 Å². The Morgan fingerprint density at radius 2 is 1.91 bits per heavy atom. The van der Waals surface area contributed by atoms with Crippen molar-refractivity contribution in [2.24, 2.45) is 0 Å². The van der Waals surface area contributed by atoms with Gasteiger partial charge in [0.05, 0.1) is 5.69 Å². The van der Waals surface area contributed by atoms with Gasteiger partial charge < -0.3 is 20.1 Å². The second-order valence-electron chi connectivity index (χ2n) is 4.62. The van der Waals surface area contributed by atoms with Crippen LogP contribution in [0.5, 0.6) is 11.5 Å². The first kappa shape index (κ1) is 14.1. The molecule has 7 heteroatoms. The number of benzene rings is 2. The summed E-state index contributed by atoms with van der Waals surface area (Å²) in [7, 11) is 0. The largest absolute Gasteiger partial charge is 0.454 e.